The van der Waals surface area contributed by atoms with Gasteiger partial charge in [-0.25, -0.2) is 4.98 Å². The summed E-state index contributed by atoms with van der Waals surface area (Å²) in [5.41, 5.74) is 4.41. The van der Waals surface area contributed by atoms with Gasteiger partial charge < -0.3 is 5.32 Å². The largest absolute Gasteiger partial charge is 0.348 e. The molecule has 0 radical (unpaired) electrons. The quantitative estimate of drug-likeness (QED) is 0.591. The van der Waals surface area contributed by atoms with Gasteiger partial charge in [0.1, 0.15) is 0 Å². The summed E-state index contributed by atoms with van der Waals surface area (Å²) in [6, 6.07) is 22.4. The van der Waals surface area contributed by atoms with Gasteiger partial charge >= 0.3 is 0 Å². The topological polar surface area (TPSA) is 78.7 Å². The van der Waals surface area contributed by atoms with Crippen molar-refractivity contribution in [1.82, 2.24) is 15.3 Å². The third-order valence-corrected chi connectivity index (χ3v) is 4.45. The zero-order valence-corrected chi connectivity index (χ0v) is 15.0. The van der Waals surface area contributed by atoms with E-state index in [1.165, 1.54) is 0 Å². The number of nitrogens with zero attached hydrogens (tertiary/aromatic N) is 3. The van der Waals surface area contributed by atoms with Crippen LogP contribution in [-0.4, -0.2) is 15.9 Å². The summed E-state index contributed by atoms with van der Waals surface area (Å²) in [5.74, 6) is -0.173. The van der Waals surface area contributed by atoms with Crippen LogP contribution in [0, 0.1) is 11.3 Å². The Morgan fingerprint density at radius 1 is 1.04 bits per heavy atom. The van der Waals surface area contributed by atoms with Crippen LogP contribution in [-0.2, 0) is 6.54 Å². The van der Waals surface area contributed by atoms with Crippen LogP contribution in [0.3, 0.4) is 0 Å². The number of nitriles is 1. The number of nitrogens with one attached hydrogen (secondary N) is 1. The number of fused-ring (bicyclic) bond motifs is 1. The number of benzene rings is 2. The number of carbonyl (C=O) groups is 1. The third kappa shape index (κ3) is 3.57. The van der Waals surface area contributed by atoms with E-state index in [0.717, 1.165) is 22.0 Å². The summed E-state index contributed by atoms with van der Waals surface area (Å²) in [6.07, 6.45) is 3.44. The van der Waals surface area contributed by atoms with Crippen LogP contribution in [0.2, 0.25) is 0 Å². The highest BCUT2D eigenvalue weighted by molar-refractivity contribution is 6.07. The molecule has 0 aliphatic heterocycles. The van der Waals surface area contributed by atoms with E-state index >= 15 is 0 Å². The Morgan fingerprint density at radius 2 is 1.86 bits per heavy atom. The fraction of sp³-hybridized carbons (Fsp3) is 0.0435. The number of amides is 1. The van der Waals surface area contributed by atoms with Gasteiger partial charge in [0, 0.05) is 29.9 Å². The molecule has 0 bridgehead atoms. The van der Waals surface area contributed by atoms with E-state index in [-0.39, 0.29) is 5.91 Å². The molecule has 0 aliphatic rings. The Hall–Kier alpha value is -4.04. The first kappa shape index (κ1) is 17.4. The minimum absolute atomic E-state index is 0.173. The molecule has 2 heterocycles. The predicted octanol–water partition coefficient (Wildman–Crippen LogP) is 4.10. The molecule has 2 aromatic carbocycles. The highest BCUT2D eigenvalue weighted by Crippen LogP contribution is 2.24. The number of para-hydroxylation sites is 1. The number of carbonyl (C=O) groups excluding carboxylic acids is 1. The summed E-state index contributed by atoms with van der Waals surface area (Å²) in [4.78, 5) is 21.7. The van der Waals surface area contributed by atoms with E-state index in [0.29, 0.717) is 23.4 Å². The van der Waals surface area contributed by atoms with Crippen LogP contribution < -0.4 is 5.32 Å². The Labute approximate surface area is 162 Å². The van der Waals surface area contributed by atoms with Gasteiger partial charge in [-0.1, -0.05) is 30.3 Å². The fourth-order valence-corrected chi connectivity index (χ4v) is 3.00. The van der Waals surface area contributed by atoms with Gasteiger partial charge in [0.15, 0.2) is 0 Å². The maximum absolute atomic E-state index is 12.9. The van der Waals surface area contributed by atoms with Crippen molar-refractivity contribution < 1.29 is 4.79 Å². The number of pyridine rings is 2. The summed E-state index contributed by atoms with van der Waals surface area (Å²) in [7, 11) is 0. The normalized spacial score (nSPS) is 10.4. The second kappa shape index (κ2) is 7.68. The summed E-state index contributed by atoms with van der Waals surface area (Å²) >= 11 is 0. The molecule has 0 aliphatic carbocycles. The first-order chi connectivity index (χ1) is 13.7. The lowest BCUT2D eigenvalue weighted by molar-refractivity contribution is 0.0952. The van der Waals surface area contributed by atoms with Gasteiger partial charge in [0.25, 0.3) is 5.91 Å². The molecule has 1 N–H and O–H groups in total. The SMILES string of the molecule is N#Cc1ccc(CNC(=O)c2cc(-c3cccnc3)nc3ccccc23)cc1. The zero-order valence-electron chi connectivity index (χ0n) is 15.0. The predicted molar refractivity (Wildman–Crippen MR) is 107 cm³/mol. The van der Waals surface area contributed by atoms with Crippen molar-refractivity contribution >= 4 is 16.8 Å². The standard InChI is InChI=1S/C23H16N4O/c24-13-16-7-9-17(10-8-16)14-26-23(28)20-12-22(18-4-3-11-25-15-18)27-21-6-2-1-5-19(20)21/h1-12,15H,14H2,(H,26,28). The molecule has 134 valence electrons. The third-order valence-electron chi connectivity index (χ3n) is 4.45. The molecular weight excluding hydrogens is 348 g/mol. The van der Waals surface area contributed by atoms with E-state index in [1.807, 2.05) is 48.5 Å². The molecule has 1 amide bonds. The number of aromatic nitrogens is 2. The number of hydrogen-bond acceptors (Lipinski definition) is 4. The summed E-state index contributed by atoms with van der Waals surface area (Å²) in [6.45, 7) is 0.378. The molecule has 0 unspecified atom stereocenters. The van der Waals surface area contributed by atoms with Crippen molar-refractivity contribution in [2.24, 2.45) is 0 Å². The molecule has 5 heteroatoms. The molecule has 5 nitrogen and oxygen atoms in total. The molecule has 0 fully saturated rings. The zero-order chi connectivity index (χ0) is 19.3. The van der Waals surface area contributed by atoms with Crippen molar-refractivity contribution in [3.63, 3.8) is 0 Å². The van der Waals surface area contributed by atoms with Crippen LogP contribution >= 0.6 is 0 Å². The number of hydrogen-bond donors (Lipinski definition) is 1. The van der Waals surface area contributed by atoms with E-state index in [1.54, 1.807) is 30.6 Å². The summed E-state index contributed by atoms with van der Waals surface area (Å²) in [5, 5.41) is 12.6. The van der Waals surface area contributed by atoms with E-state index < -0.39 is 0 Å². The Kier molecular flexibility index (Phi) is 4.77. The first-order valence-corrected chi connectivity index (χ1v) is 8.82. The van der Waals surface area contributed by atoms with Gasteiger partial charge in [-0.15, -0.1) is 0 Å². The lowest BCUT2D eigenvalue weighted by Crippen LogP contribution is -2.23. The van der Waals surface area contributed by atoms with E-state index in [2.05, 4.69) is 21.4 Å². The average Bonchev–Trinajstić information content (AvgIpc) is 2.77. The first-order valence-electron chi connectivity index (χ1n) is 8.82. The molecule has 0 spiro atoms. The minimum Gasteiger partial charge on any atom is -0.348 e. The van der Waals surface area contributed by atoms with Crippen LogP contribution in [0.4, 0.5) is 0 Å². The van der Waals surface area contributed by atoms with Crippen LogP contribution in [0.5, 0.6) is 0 Å². The number of rotatable bonds is 4. The second-order valence-electron chi connectivity index (χ2n) is 6.31. The molecule has 4 aromatic rings. The van der Waals surface area contributed by atoms with Crippen molar-refractivity contribution in [3.05, 3.63) is 95.8 Å². The highest BCUT2D eigenvalue weighted by atomic mass is 16.1. The lowest BCUT2D eigenvalue weighted by atomic mass is 10.0. The average molecular weight is 364 g/mol. The van der Waals surface area contributed by atoms with Crippen molar-refractivity contribution in [3.8, 4) is 17.3 Å². The monoisotopic (exact) mass is 364 g/mol. The Morgan fingerprint density at radius 3 is 2.61 bits per heavy atom. The Balaban J connectivity index is 1.66. The van der Waals surface area contributed by atoms with Gasteiger partial charge in [-0.2, -0.15) is 5.26 Å². The van der Waals surface area contributed by atoms with E-state index in [9.17, 15) is 4.79 Å². The second-order valence-corrected chi connectivity index (χ2v) is 6.31. The van der Waals surface area contributed by atoms with Crippen LogP contribution in [0.1, 0.15) is 21.5 Å². The smallest absolute Gasteiger partial charge is 0.252 e. The molecule has 0 atom stereocenters. The van der Waals surface area contributed by atoms with Crippen LogP contribution in [0.25, 0.3) is 22.2 Å². The fourth-order valence-electron chi connectivity index (χ4n) is 3.00. The van der Waals surface area contributed by atoms with Gasteiger partial charge in [-0.3, -0.25) is 9.78 Å². The maximum Gasteiger partial charge on any atom is 0.252 e. The molecule has 28 heavy (non-hydrogen) atoms. The van der Waals surface area contributed by atoms with Gasteiger partial charge in [-0.05, 0) is 42.0 Å². The molecule has 4 rings (SSSR count). The van der Waals surface area contributed by atoms with Gasteiger partial charge in [0.2, 0.25) is 0 Å². The highest BCUT2D eigenvalue weighted by Gasteiger charge is 2.14. The molecule has 0 saturated carbocycles. The van der Waals surface area contributed by atoms with Gasteiger partial charge in [0.05, 0.1) is 28.4 Å². The van der Waals surface area contributed by atoms with Crippen LogP contribution in [0.15, 0.2) is 79.1 Å². The Bertz CT molecular complexity index is 1180. The molecule has 0 saturated heterocycles. The lowest BCUT2D eigenvalue weighted by Gasteiger charge is -2.11. The molecule has 2 aromatic heterocycles. The summed E-state index contributed by atoms with van der Waals surface area (Å²) < 4.78 is 0. The van der Waals surface area contributed by atoms with Crippen molar-refractivity contribution in [2.75, 3.05) is 0 Å². The van der Waals surface area contributed by atoms with E-state index in [4.69, 9.17) is 5.26 Å². The van der Waals surface area contributed by atoms with Crippen molar-refractivity contribution in [2.45, 2.75) is 6.54 Å². The maximum atomic E-state index is 12.9. The minimum atomic E-state index is -0.173. The van der Waals surface area contributed by atoms with Crippen molar-refractivity contribution in [1.29, 1.82) is 5.26 Å². The molecular formula is C23H16N4O.